The highest BCUT2D eigenvalue weighted by atomic mass is 19.4. The lowest BCUT2D eigenvalue weighted by Crippen LogP contribution is -2.53. The number of nitrogens with zero attached hydrogens (tertiary/aromatic N) is 1. The summed E-state index contributed by atoms with van der Waals surface area (Å²) in [5.74, 6) is -0.866. The van der Waals surface area contributed by atoms with E-state index in [0.29, 0.717) is 5.92 Å². The minimum absolute atomic E-state index is 0.0301. The molecule has 0 spiro atoms. The number of amides is 1. The Morgan fingerprint density at radius 2 is 1.95 bits per heavy atom. The van der Waals surface area contributed by atoms with Crippen molar-refractivity contribution in [3.05, 3.63) is 0 Å². The third kappa shape index (κ3) is 3.22. The first-order chi connectivity index (χ1) is 8.79. The molecule has 2 fully saturated rings. The molecule has 0 aliphatic carbocycles. The average Bonchev–Trinajstić information content (AvgIpc) is 2.66. The zero-order chi connectivity index (χ0) is 14.2. The van der Waals surface area contributed by atoms with Gasteiger partial charge in [0.15, 0.2) is 0 Å². The highest BCUT2D eigenvalue weighted by Crippen LogP contribution is 2.33. The molecule has 0 radical (unpaired) electrons. The summed E-state index contributed by atoms with van der Waals surface area (Å²) in [6.07, 6.45) is -2.86. The van der Waals surface area contributed by atoms with Crippen molar-refractivity contribution in [1.82, 2.24) is 10.2 Å². The maximum absolute atomic E-state index is 12.5. The van der Waals surface area contributed by atoms with Gasteiger partial charge in [-0.15, -0.1) is 0 Å². The standard InChI is InChI=1S/C13H21F3N2O/c1-8-5-9(2)18(7-8)12(19)11-4-3-10(6-17-11)13(14,15)16/h8-11,17H,3-7H2,1-2H3. The van der Waals surface area contributed by atoms with Gasteiger partial charge in [-0.2, -0.15) is 13.2 Å². The minimum Gasteiger partial charge on any atom is -0.338 e. The maximum atomic E-state index is 12.5. The molecule has 1 N–H and O–H groups in total. The lowest BCUT2D eigenvalue weighted by Gasteiger charge is -2.33. The smallest absolute Gasteiger partial charge is 0.338 e. The van der Waals surface area contributed by atoms with E-state index in [0.717, 1.165) is 13.0 Å². The van der Waals surface area contributed by atoms with Gasteiger partial charge in [0.2, 0.25) is 5.91 Å². The van der Waals surface area contributed by atoms with Gasteiger partial charge in [0.25, 0.3) is 0 Å². The Balaban J connectivity index is 1.89. The molecule has 19 heavy (non-hydrogen) atoms. The Labute approximate surface area is 111 Å². The number of carbonyl (C=O) groups excluding carboxylic acids is 1. The highest BCUT2D eigenvalue weighted by Gasteiger charge is 2.43. The molecule has 0 aromatic carbocycles. The second kappa shape index (κ2) is 5.31. The highest BCUT2D eigenvalue weighted by molar-refractivity contribution is 5.82. The maximum Gasteiger partial charge on any atom is 0.393 e. The molecule has 2 rings (SSSR count). The van der Waals surface area contributed by atoms with Gasteiger partial charge >= 0.3 is 6.18 Å². The zero-order valence-corrected chi connectivity index (χ0v) is 11.3. The fourth-order valence-electron chi connectivity index (χ4n) is 3.15. The SMILES string of the molecule is CC1CC(C)N(C(=O)C2CCC(C(F)(F)F)CN2)C1. The second-order valence-corrected chi connectivity index (χ2v) is 5.96. The van der Waals surface area contributed by atoms with Crippen LogP contribution in [0.2, 0.25) is 0 Å². The predicted molar refractivity (Wildman–Crippen MR) is 65.5 cm³/mol. The molecule has 6 heteroatoms. The third-order valence-electron chi connectivity index (χ3n) is 4.24. The Kier molecular flexibility index (Phi) is 4.08. The molecule has 0 aromatic rings. The topological polar surface area (TPSA) is 32.3 Å². The van der Waals surface area contributed by atoms with Crippen LogP contribution in [0.25, 0.3) is 0 Å². The van der Waals surface area contributed by atoms with Crippen molar-refractivity contribution in [2.75, 3.05) is 13.1 Å². The van der Waals surface area contributed by atoms with E-state index in [4.69, 9.17) is 0 Å². The molecule has 2 aliphatic rings. The summed E-state index contributed by atoms with van der Waals surface area (Å²) in [6, 6.07) is -0.240. The second-order valence-electron chi connectivity index (χ2n) is 5.96. The molecule has 3 nitrogen and oxygen atoms in total. The largest absolute Gasteiger partial charge is 0.393 e. The number of hydrogen-bond acceptors (Lipinski definition) is 2. The van der Waals surface area contributed by atoms with Crippen LogP contribution in [-0.4, -0.2) is 42.2 Å². The first-order valence-corrected chi connectivity index (χ1v) is 6.89. The molecule has 4 unspecified atom stereocenters. The van der Waals surface area contributed by atoms with Crippen LogP contribution in [-0.2, 0) is 4.79 Å². The summed E-state index contributed by atoms with van der Waals surface area (Å²) in [7, 11) is 0. The van der Waals surface area contributed by atoms with E-state index in [9.17, 15) is 18.0 Å². The Morgan fingerprint density at radius 3 is 2.37 bits per heavy atom. The third-order valence-corrected chi connectivity index (χ3v) is 4.24. The number of likely N-dealkylation sites (tertiary alicyclic amines) is 1. The summed E-state index contributed by atoms with van der Waals surface area (Å²) in [5.41, 5.74) is 0. The van der Waals surface area contributed by atoms with E-state index in [-0.39, 0.29) is 31.3 Å². The zero-order valence-electron chi connectivity index (χ0n) is 11.3. The number of piperidine rings is 1. The first-order valence-electron chi connectivity index (χ1n) is 6.89. The van der Waals surface area contributed by atoms with Crippen molar-refractivity contribution in [1.29, 1.82) is 0 Å². The molecule has 2 heterocycles. The van der Waals surface area contributed by atoms with Gasteiger partial charge in [-0.3, -0.25) is 4.79 Å². The Hall–Kier alpha value is -0.780. The number of hydrogen-bond donors (Lipinski definition) is 1. The fourth-order valence-corrected chi connectivity index (χ4v) is 3.15. The first kappa shape index (κ1) is 14.6. The van der Waals surface area contributed by atoms with Gasteiger partial charge in [0.05, 0.1) is 12.0 Å². The molecule has 1 amide bonds. The number of nitrogens with one attached hydrogen (secondary N) is 1. The fraction of sp³-hybridized carbons (Fsp3) is 0.923. The van der Waals surface area contributed by atoms with Gasteiger partial charge in [0, 0.05) is 19.1 Å². The lowest BCUT2D eigenvalue weighted by atomic mass is 9.93. The quantitative estimate of drug-likeness (QED) is 0.797. The van der Waals surface area contributed by atoms with E-state index >= 15 is 0 Å². The number of halogens is 3. The summed E-state index contributed by atoms with van der Waals surface area (Å²) >= 11 is 0. The monoisotopic (exact) mass is 278 g/mol. The van der Waals surface area contributed by atoms with E-state index in [1.807, 2.05) is 11.8 Å². The van der Waals surface area contributed by atoms with E-state index < -0.39 is 18.1 Å². The Bertz CT molecular complexity index is 337. The molecule has 4 atom stereocenters. The summed E-state index contributed by atoms with van der Waals surface area (Å²) in [4.78, 5) is 14.1. The van der Waals surface area contributed by atoms with Crippen molar-refractivity contribution >= 4 is 5.91 Å². The normalized spacial score (nSPS) is 36.6. The molecule has 0 bridgehead atoms. The van der Waals surface area contributed by atoms with Crippen molar-refractivity contribution in [2.45, 2.75) is 51.4 Å². The van der Waals surface area contributed by atoms with Crippen LogP contribution >= 0.6 is 0 Å². The number of rotatable bonds is 1. The molecular formula is C13H21F3N2O. The summed E-state index contributed by atoms with van der Waals surface area (Å²) in [6.45, 7) is 4.68. The average molecular weight is 278 g/mol. The summed E-state index contributed by atoms with van der Waals surface area (Å²) < 4.78 is 37.6. The van der Waals surface area contributed by atoms with Crippen molar-refractivity contribution in [2.24, 2.45) is 11.8 Å². The van der Waals surface area contributed by atoms with E-state index in [1.54, 1.807) is 0 Å². The van der Waals surface area contributed by atoms with Gasteiger partial charge in [0.1, 0.15) is 0 Å². The number of carbonyl (C=O) groups is 1. The van der Waals surface area contributed by atoms with Crippen LogP contribution in [0.1, 0.15) is 33.1 Å². The van der Waals surface area contributed by atoms with E-state index in [2.05, 4.69) is 12.2 Å². The molecule has 2 aliphatic heterocycles. The summed E-state index contributed by atoms with van der Waals surface area (Å²) in [5, 5.41) is 2.78. The molecule has 2 saturated heterocycles. The molecular weight excluding hydrogens is 257 g/mol. The van der Waals surface area contributed by atoms with Crippen LogP contribution in [0.3, 0.4) is 0 Å². The van der Waals surface area contributed by atoms with Crippen LogP contribution < -0.4 is 5.32 Å². The Morgan fingerprint density at radius 1 is 1.26 bits per heavy atom. The van der Waals surface area contributed by atoms with Crippen LogP contribution in [0, 0.1) is 11.8 Å². The molecule has 0 aromatic heterocycles. The van der Waals surface area contributed by atoms with Crippen molar-refractivity contribution < 1.29 is 18.0 Å². The lowest BCUT2D eigenvalue weighted by molar-refractivity contribution is -0.180. The van der Waals surface area contributed by atoms with Gasteiger partial charge in [-0.05, 0) is 32.1 Å². The van der Waals surface area contributed by atoms with Crippen LogP contribution in [0.15, 0.2) is 0 Å². The van der Waals surface area contributed by atoms with Gasteiger partial charge in [-0.25, -0.2) is 0 Å². The van der Waals surface area contributed by atoms with Gasteiger partial charge < -0.3 is 10.2 Å². The van der Waals surface area contributed by atoms with Gasteiger partial charge in [-0.1, -0.05) is 6.92 Å². The van der Waals surface area contributed by atoms with E-state index in [1.165, 1.54) is 0 Å². The van der Waals surface area contributed by atoms with Crippen molar-refractivity contribution in [3.8, 4) is 0 Å². The van der Waals surface area contributed by atoms with Crippen LogP contribution in [0.5, 0.6) is 0 Å². The van der Waals surface area contributed by atoms with Crippen LogP contribution in [0.4, 0.5) is 13.2 Å². The molecule has 110 valence electrons. The minimum atomic E-state index is -4.16. The number of alkyl halides is 3. The van der Waals surface area contributed by atoms with Crippen molar-refractivity contribution in [3.63, 3.8) is 0 Å². The molecule has 0 saturated carbocycles. The predicted octanol–water partition coefficient (Wildman–Crippen LogP) is 2.17.